The quantitative estimate of drug-likeness (QED) is 0.200. The monoisotopic (exact) mass is 688 g/mol. The van der Waals surface area contributed by atoms with Gasteiger partial charge >= 0.3 is 0 Å². The molecule has 0 saturated carbocycles. The predicted molar refractivity (Wildman–Crippen MR) is 219 cm³/mol. The number of fused-ring (bicyclic) bond motifs is 9. The van der Waals surface area contributed by atoms with E-state index in [0.29, 0.717) is 0 Å². The summed E-state index contributed by atoms with van der Waals surface area (Å²) in [5, 5.41) is 9.75. The van der Waals surface area contributed by atoms with Gasteiger partial charge in [0.05, 0.1) is 12.0 Å². The normalized spacial score (nSPS) is 14.2. The fraction of sp³-hybridized carbons (Fsp3) is 0.0217. The second-order valence-electron chi connectivity index (χ2n) is 13.1. The molecule has 3 nitrogen and oxygen atoms in total. The van der Waals surface area contributed by atoms with E-state index in [1.807, 2.05) is 29.0 Å². The van der Waals surface area contributed by atoms with Crippen molar-refractivity contribution < 1.29 is 4.42 Å². The number of hydrogen-bond donors (Lipinski definition) is 1. The SMILES string of the molecule is C1=NC(c2ccc(-c3cccc(-c4cccc5c4sc4ccccc45)c3)cc2)c2oc3ccc(-c4cccc5c4sc4ccccc45)cc3c2N1. The summed E-state index contributed by atoms with van der Waals surface area (Å²) >= 11 is 3.73. The van der Waals surface area contributed by atoms with Crippen LogP contribution >= 0.6 is 22.7 Å². The maximum atomic E-state index is 6.55. The summed E-state index contributed by atoms with van der Waals surface area (Å²) in [6, 6.07) is 54.6. The summed E-state index contributed by atoms with van der Waals surface area (Å²) in [6.45, 7) is 0. The van der Waals surface area contributed by atoms with E-state index < -0.39 is 0 Å². The number of benzene rings is 7. The molecule has 0 saturated heterocycles. The molecule has 3 aromatic heterocycles. The largest absolute Gasteiger partial charge is 0.456 e. The van der Waals surface area contributed by atoms with E-state index in [2.05, 4.69) is 157 Å². The molecule has 11 rings (SSSR count). The van der Waals surface area contributed by atoms with Crippen LogP contribution in [0.25, 0.3) is 84.7 Å². The summed E-state index contributed by atoms with van der Waals surface area (Å²) in [5.41, 5.74) is 10.2. The number of rotatable bonds is 4. The number of nitrogens with one attached hydrogen (secondary N) is 1. The van der Waals surface area contributed by atoms with Gasteiger partial charge in [-0.1, -0.05) is 121 Å². The first-order valence-electron chi connectivity index (χ1n) is 17.1. The van der Waals surface area contributed by atoms with E-state index in [-0.39, 0.29) is 6.04 Å². The fourth-order valence-corrected chi connectivity index (χ4v) is 10.3. The van der Waals surface area contributed by atoms with Gasteiger partial charge in [-0.2, -0.15) is 0 Å². The van der Waals surface area contributed by atoms with Crippen molar-refractivity contribution in [1.82, 2.24) is 0 Å². The molecule has 4 heterocycles. The molecule has 0 aliphatic carbocycles. The van der Waals surface area contributed by atoms with Crippen molar-refractivity contribution in [2.75, 3.05) is 5.32 Å². The Labute approximate surface area is 301 Å². The van der Waals surface area contributed by atoms with Crippen LogP contribution in [0, 0.1) is 0 Å². The molecule has 1 aliphatic heterocycles. The van der Waals surface area contributed by atoms with Gasteiger partial charge in [0.1, 0.15) is 11.6 Å². The van der Waals surface area contributed by atoms with Crippen LogP contribution in [0.4, 0.5) is 5.69 Å². The van der Waals surface area contributed by atoms with Gasteiger partial charge in [0.25, 0.3) is 0 Å². The van der Waals surface area contributed by atoms with Crippen LogP contribution in [0.2, 0.25) is 0 Å². The average Bonchev–Trinajstić information content (AvgIpc) is 3.89. The number of aliphatic imine (C=N–C) groups is 1. The lowest BCUT2D eigenvalue weighted by Gasteiger charge is -2.17. The van der Waals surface area contributed by atoms with Crippen LogP contribution in [0.5, 0.6) is 0 Å². The fourth-order valence-electron chi connectivity index (χ4n) is 7.78. The molecule has 0 bridgehead atoms. The van der Waals surface area contributed by atoms with E-state index in [0.717, 1.165) is 28.0 Å². The summed E-state index contributed by atoms with van der Waals surface area (Å²) < 4.78 is 11.8. The molecule has 0 amide bonds. The Morgan fingerprint density at radius 2 is 1.08 bits per heavy atom. The highest BCUT2D eigenvalue weighted by Crippen LogP contribution is 2.45. The third kappa shape index (κ3) is 4.52. The Morgan fingerprint density at radius 3 is 1.78 bits per heavy atom. The smallest absolute Gasteiger partial charge is 0.157 e. The van der Waals surface area contributed by atoms with E-state index >= 15 is 0 Å². The maximum absolute atomic E-state index is 6.55. The molecule has 0 fully saturated rings. The molecule has 0 radical (unpaired) electrons. The highest BCUT2D eigenvalue weighted by Gasteiger charge is 2.27. The number of thiophene rings is 2. The Hall–Kier alpha value is -6.01. The predicted octanol–water partition coefficient (Wildman–Crippen LogP) is 13.7. The Balaban J connectivity index is 0.932. The second-order valence-corrected chi connectivity index (χ2v) is 15.2. The zero-order chi connectivity index (χ0) is 33.5. The minimum Gasteiger partial charge on any atom is -0.456 e. The molecule has 51 heavy (non-hydrogen) atoms. The summed E-state index contributed by atoms with van der Waals surface area (Å²) in [4.78, 5) is 4.86. The van der Waals surface area contributed by atoms with Gasteiger partial charge in [0.15, 0.2) is 5.76 Å². The van der Waals surface area contributed by atoms with Gasteiger partial charge in [-0.15, -0.1) is 22.7 Å². The second kappa shape index (κ2) is 11.3. The van der Waals surface area contributed by atoms with Crippen LogP contribution in [0.1, 0.15) is 17.4 Å². The molecule has 7 aromatic carbocycles. The topological polar surface area (TPSA) is 37.5 Å². The lowest BCUT2D eigenvalue weighted by molar-refractivity contribution is 0.526. The van der Waals surface area contributed by atoms with Crippen LogP contribution in [-0.4, -0.2) is 6.34 Å². The average molecular weight is 689 g/mol. The highest BCUT2D eigenvalue weighted by atomic mass is 32.1. The van der Waals surface area contributed by atoms with Gasteiger partial charge in [-0.05, 0) is 69.3 Å². The molecule has 10 aromatic rings. The third-order valence-electron chi connectivity index (χ3n) is 10.2. The highest BCUT2D eigenvalue weighted by molar-refractivity contribution is 7.26. The number of hydrogen-bond acceptors (Lipinski definition) is 5. The first-order valence-corrected chi connectivity index (χ1v) is 18.8. The van der Waals surface area contributed by atoms with Crippen LogP contribution in [-0.2, 0) is 0 Å². The van der Waals surface area contributed by atoms with Gasteiger partial charge in [-0.25, -0.2) is 0 Å². The molecule has 0 spiro atoms. The molecule has 240 valence electrons. The number of anilines is 1. The zero-order valence-corrected chi connectivity index (χ0v) is 28.9. The molecular weight excluding hydrogens is 661 g/mol. The van der Waals surface area contributed by atoms with E-state index in [1.54, 1.807) is 0 Å². The lowest BCUT2D eigenvalue weighted by Crippen LogP contribution is -2.09. The number of nitrogens with zero attached hydrogens (tertiary/aromatic N) is 1. The first-order chi connectivity index (χ1) is 25.3. The summed E-state index contributed by atoms with van der Waals surface area (Å²) in [7, 11) is 0. The molecule has 1 unspecified atom stereocenters. The van der Waals surface area contributed by atoms with Crippen molar-refractivity contribution in [3.05, 3.63) is 163 Å². The van der Waals surface area contributed by atoms with E-state index in [4.69, 9.17) is 9.41 Å². The molecule has 1 N–H and O–H groups in total. The standard InChI is InChI=1S/C46H28N2OS2/c1-3-16-40-34(10-1)36-14-6-12-32(45(36)50-40)30-9-5-8-29(24-30)27-18-20-28(21-19-27)42-44-43(48-26-47-42)38-25-31(22-23-39(38)49-44)33-13-7-15-37-35-11-2-4-17-41(35)51-46(33)37/h1-26,42H,(H,47,48). The van der Waals surface area contributed by atoms with Crippen molar-refractivity contribution in [3.8, 4) is 33.4 Å². The van der Waals surface area contributed by atoms with Gasteiger partial charge < -0.3 is 9.73 Å². The van der Waals surface area contributed by atoms with Crippen molar-refractivity contribution in [1.29, 1.82) is 0 Å². The van der Waals surface area contributed by atoms with Crippen molar-refractivity contribution in [2.45, 2.75) is 6.04 Å². The van der Waals surface area contributed by atoms with E-state index in [1.165, 1.54) is 73.7 Å². The molecule has 1 atom stereocenters. The molecular formula is C46H28N2OS2. The first kappa shape index (κ1) is 28.8. The Kier molecular flexibility index (Phi) is 6.35. The zero-order valence-electron chi connectivity index (χ0n) is 27.3. The van der Waals surface area contributed by atoms with Crippen LogP contribution in [0.15, 0.2) is 161 Å². The van der Waals surface area contributed by atoms with Crippen LogP contribution < -0.4 is 5.32 Å². The Morgan fingerprint density at radius 1 is 0.490 bits per heavy atom. The maximum Gasteiger partial charge on any atom is 0.157 e. The lowest BCUT2D eigenvalue weighted by atomic mass is 9.95. The summed E-state index contributed by atoms with van der Waals surface area (Å²) in [5.74, 6) is 0.843. The van der Waals surface area contributed by atoms with Gasteiger partial charge in [0, 0.05) is 45.7 Å². The van der Waals surface area contributed by atoms with E-state index in [9.17, 15) is 0 Å². The van der Waals surface area contributed by atoms with Crippen molar-refractivity contribution in [2.24, 2.45) is 4.99 Å². The van der Waals surface area contributed by atoms with Crippen molar-refractivity contribution >= 4 is 86.0 Å². The third-order valence-corrected chi connectivity index (χ3v) is 12.7. The molecule has 5 heteroatoms. The minimum atomic E-state index is -0.228. The number of furan rings is 1. The minimum absolute atomic E-state index is 0.228. The Bertz CT molecular complexity index is 3020. The van der Waals surface area contributed by atoms with Gasteiger partial charge in [-0.3, -0.25) is 4.99 Å². The van der Waals surface area contributed by atoms with Gasteiger partial charge in [0.2, 0.25) is 0 Å². The van der Waals surface area contributed by atoms with Crippen LogP contribution in [0.3, 0.4) is 0 Å². The summed E-state index contributed by atoms with van der Waals surface area (Å²) in [6.07, 6.45) is 1.81. The molecule has 1 aliphatic rings. The van der Waals surface area contributed by atoms with Crippen molar-refractivity contribution in [3.63, 3.8) is 0 Å².